The lowest BCUT2D eigenvalue weighted by Crippen LogP contribution is -1.94. The van der Waals surface area contributed by atoms with Crippen LogP contribution in [0.2, 0.25) is 0 Å². The molecule has 3 heteroatoms. The monoisotopic (exact) mass is 138 g/mol. The van der Waals surface area contributed by atoms with Crippen LogP contribution in [0.1, 0.15) is 12.8 Å². The normalized spacial score (nSPS) is 22.2. The van der Waals surface area contributed by atoms with Crippen LogP contribution >= 0.6 is 0 Å². The van der Waals surface area contributed by atoms with Gasteiger partial charge in [0, 0.05) is 5.57 Å². The summed E-state index contributed by atoms with van der Waals surface area (Å²) >= 11 is 0. The zero-order valence-corrected chi connectivity index (χ0v) is 5.29. The maximum Gasteiger partial charge on any atom is 0.317 e. The molecular weight excluding hydrogens is 132 g/mol. The minimum absolute atomic E-state index is 0.214. The first kappa shape index (κ1) is 5.53. The van der Waals surface area contributed by atoms with Gasteiger partial charge in [0.15, 0.2) is 0 Å². The fraction of sp³-hybridized carbons (Fsp3) is 0.286. The highest BCUT2D eigenvalue weighted by atomic mass is 16.7. The number of carbonyl (C=O) groups excluding carboxylic acids is 1. The van der Waals surface area contributed by atoms with Gasteiger partial charge in [0.05, 0.1) is 12.7 Å². The molecule has 0 amide bonds. The standard InChI is InChI=1S/C7H6O3/c8-6-4-5-2-1-3-9-7(5)10-6/h1,3H,2,4H2. The summed E-state index contributed by atoms with van der Waals surface area (Å²) in [4.78, 5) is 10.6. The maximum absolute atomic E-state index is 10.6. The van der Waals surface area contributed by atoms with Crippen LogP contribution in [0.15, 0.2) is 23.9 Å². The topological polar surface area (TPSA) is 35.5 Å². The molecule has 0 aromatic rings. The second kappa shape index (κ2) is 1.87. The third kappa shape index (κ3) is 0.708. The summed E-state index contributed by atoms with van der Waals surface area (Å²) in [7, 11) is 0. The molecule has 0 saturated heterocycles. The van der Waals surface area contributed by atoms with Gasteiger partial charge in [0.1, 0.15) is 0 Å². The minimum atomic E-state index is -0.214. The zero-order valence-electron chi connectivity index (χ0n) is 5.29. The lowest BCUT2D eigenvalue weighted by Gasteiger charge is -2.05. The van der Waals surface area contributed by atoms with E-state index in [9.17, 15) is 4.79 Å². The number of esters is 1. The largest absolute Gasteiger partial charge is 0.434 e. The highest BCUT2D eigenvalue weighted by Gasteiger charge is 2.25. The molecule has 2 aliphatic heterocycles. The number of allylic oxidation sites excluding steroid dienone is 1. The van der Waals surface area contributed by atoms with Gasteiger partial charge < -0.3 is 9.47 Å². The Kier molecular flexibility index (Phi) is 1.03. The van der Waals surface area contributed by atoms with Crippen molar-refractivity contribution in [1.82, 2.24) is 0 Å². The van der Waals surface area contributed by atoms with Crippen LogP contribution in [0.4, 0.5) is 0 Å². The molecular formula is C7H6O3. The fourth-order valence-corrected chi connectivity index (χ4v) is 1.02. The Morgan fingerprint density at radius 2 is 2.40 bits per heavy atom. The zero-order chi connectivity index (χ0) is 6.97. The van der Waals surface area contributed by atoms with Crippen molar-refractivity contribution >= 4 is 5.97 Å². The molecule has 52 valence electrons. The third-order valence-electron chi connectivity index (χ3n) is 1.49. The van der Waals surface area contributed by atoms with Gasteiger partial charge in [-0.3, -0.25) is 4.79 Å². The van der Waals surface area contributed by atoms with E-state index in [1.165, 1.54) is 6.26 Å². The Bertz CT molecular complexity index is 215. The summed E-state index contributed by atoms with van der Waals surface area (Å²) in [6.45, 7) is 0. The first-order valence-corrected chi connectivity index (χ1v) is 3.10. The smallest absolute Gasteiger partial charge is 0.317 e. The van der Waals surface area contributed by atoms with E-state index in [4.69, 9.17) is 9.47 Å². The molecule has 0 saturated carbocycles. The highest BCUT2D eigenvalue weighted by Crippen LogP contribution is 2.27. The molecule has 3 nitrogen and oxygen atoms in total. The molecule has 0 aliphatic carbocycles. The van der Waals surface area contributed by atoms with Crippen LogP contribution in [-0.4, -0.2) is 5.97 Å². The van der Waals surface area contributed by atoms with E-state index in [1.54, 1.807) is 0 Å². The van der Waals surface area contributed by atoms with Crippen LogP contribution in [0.3, 0.4) is 0 Å². The van der Waals surface area contributed by atoms with E-state index in [2.05, 4.69) is 0 Å². The van der Waals surface area contributed by atoms with E-state index < -0.39 is 0 Å². The second-order valence-electron chi connectivity index (χ2n) is 2.24. The first-order valence-electron chi connectivity index (χ1n) is 3.10. The lowest BCUT2D eigenvalue weighted by molar-refractivity contribution is -0.139. The first-order chi connectivity index (χ1) is 4.86. The summed E-state index contributed by atoms with van der Waals surface area (Å²) in [5, 5.41) is 0. The van der Waals surface area contributed by atoms with E-state index in [0.717, 1.165) is 12.0 Å². The van der Waals surface area contributed by atoms with Crippen LogP contribution < -0.4 is 0 Å². The second-order valence-corrected chi connectivity index (χ2v) is 2.24. The van der Waals surface area contributed by atoms with E-state index >= 15 is 0 Å². The van der Waals surface area contributed by atoms with Crippen molar-refractivity contribution in [3.8, 4) is 0 Å². The molecule has 10 heavy (non-hydrogen) atoms. The highest BCUT2D eigenvalue weighted by molar-refractivity contribution is 5.76. The van der Waals surface area contributed by atoms with Gasteiger partial charge >= 0.3 is 5.97 Å². The molecule has 2 heterocycles. The number of rotatable bonds is 0. The number of hydrogen-bond donors (Lipinski definition) is 0. The van der Waals surface area contributed by atoms with Crippen LogP contribution in [-0.2, 0) is 14.3 Å². The SMILES string of the molecule is O=C1CC2=C(OC=CC2)O1. The van der Waals surface area contributed by atoms with Crippen molar-refractivity contribution in [2.45, 2.75) is 12.8 Å². The number of carbonyl (C=O) groups is 1. The molecule has 0 unspecified atom stereocenters. The molecule has 0 radical (unpaired) electrons. The Morgan fingerprint density at radius 3 is 3.20 bits per heavy atom. The Balaban J connectivity index is 2.22. The molecule has 0 aromatic carbocycles. The van der Waals surface area contributed by atoms with Gasteiger partial charge in [-0.1, -0.05) is 0 Å². The van der Waals surface area contributed by atoms with Gasteiger partial charge in [0.25, 0.3) is 5.95 Å². The van der Waals surface area contributed by atoms with Gasteiger partial charge in [-0.25, -0.2) is 0 Å². The molecule has 0 atom stereocenters. The summed E-state index contributed by atoms with van der Waals surface area (Å²) < 4.78 is 9.66. The number of ether oxygens (including phenoxy) is 2. The average Bonchev–Trinajstić information content (AvgIpc) is 2.27. The molecule has 0 bridgehead atoms. The van der Waals surface area contributed by atoms with Crippen molar-refractivity contribution in [2.75, 3.05) is 0 Å². The predicted octanol–water partition coefficient (Wildman–Crippen LogP) is 1.08. The molecule has 0 spiro atoms. The minimum Gasteiger partial charge on any atom is -0.434 e. The van der Waals surface area contributed by atoms with E-state index in [-0.39, 0.29) is 5.97 Å². The predicted molar refractivity (Wildman–Crippen MR) is 32.6 cm³/mol. The summed E-state index contributed by atoms with van der Waals surface area (Å²) in [6, 6.07) is 0. The van der Waals surface area contributed by atoms with Crippen molar-refractivity contribution < 1.29 is 14.3 Å². The van der Waals surface area contributed by atoms with Crippen LogP contribution in [0.5, 0.6) is 0 Å². The number of hydrogen-bond acceptors (Lipinski definition) is 3. The quantitative estimate of drug-likeness (QED) is 0.470. The lowest BCUT2D eigenvalue weighted by atomic mass is 10.1. The molecule has 0 fully saturated rings. The summed E-state index contributed by atoms with van der Waals surface area (Å²) in [6.07, 6.45) is 4.57. The van der Waals surface area contributed by atoms with Crippen molar-refractivity contribution in [2.24, 2.45) is 0 Å². The average molecular weight is 138 g/mol. The maximum atomic E-state index is 10.6. The summed E-state index contributed by atoms with van der Waals surface area (Å²) in [5.74, 6) is 0.182. The van der Waals surface area contributed by atoms with Gasteiger partial charge in [-0.2, -0.15) is 0 Å². The van der Waals surface area contributed by atoms with Crippen LogP contribution in [0.25, 0.3) is 0 Å². The van der Waals surface area contributed by atoms with Crippen molar-refractivity contribution in [3.05, 3.63) is 23.9 Å². The van der Waals surface area contributed by atoms with E-state index in [0.29, 0.717) is 12.4 Å². The summed E-state index contributed by atoms with van der Waals surface area (Å²) in [5.41, 5.74) is 0.951. The third-order valence-corrected chi connectivity index (χ3v) is 1.49. The molecule has 0 aromatic heterocycles. The Morgan fingerprint density at radius 1 is 1.50 bits per heavy atom. The molecule has 0 N–H and O–H groups in total. The fourth-order valence-electron chi connectivity index (χ4n) is 1.02. The van der Waals surface area contributed by atoms with Gasteiger partial charge in [-0.15, -0.1) is 0 Å². The van der Waals surface area contributed by atoms with Crippen LogP contribution in [0, 0.1) is 0 Å². The van der Waals surface area contributed by atoms with E-state index in [1.807, 2.05) is 6.08 Å². The van der Waals surface area contributed by atoms with Crippen molar-refractivity contribution in [3.63, 3.8) is 0 Å². The van der Waals surface area contributed by atoms with Gasteiger partial charge in [-0.05, 0) is 12.5 Å². The Hall–Kier alpha value is -1.25. The molecule has 2 rings (SSSR count). The Labute approximate surface area is 57.9 Å². The van der Waals surface area contributed by atoms with Crippen molar-refractivity contribution in [1.29, 1.82) is 0 Å². The van der Waals surface area contributed by atoms with Gasteiger partial charge in [0.2, 0.25) is 0 Å². The molecule has 2 aliphatic rings.